The predicted octanol–water partition coefficient (Wildman–Crippen LogP) is 2.38. The van der Waals surface area contributed by atoms with E-state index in [4.69, 9.17) is 16.3 Å². The molecule has 1 unspecified atom stereocenters. The lowest BCUT2D eigenvalue weighted by Crippen LogP contribution is -2.30. The number of carbonyl (C=O) groups is 2. The molecule has 0 aromatic carbocycles. The maximum Gasteiger partial charge on any atom is 0.342 e. The third kappa shape index (κ3) is 3.52. The monoisotopic (exact) mass is 311 g/mol. The number of halogens is 1. The summed E-state index contributed by atoms with van der Waals surface area (Å²) in [6, 6.07) is 3.03. The topological polar surface area (TPSA) is 81.2 Å². The van der Waals surface area contributed by atoms with Gasteiger partial charge in [0.2, 0.25) is 0 Å². The lowest BCUT2D eigenvalue weighted by atomic mass is 10.3. The quantitative estimate of drug-likeness (QED) is 0.692. The van der Waals surface area contributed by atoms with Crippen LogP contribution in [0.25, 0.3) is 0 Å². The summed E-state index contributed by atoms with van der Waals surface area (Å²) in [7, 11) is 0. The highest BCUT2D eigenvalue weighted by Gasteiger charge is 2.21. The smallest absolute Gasteiger partial charge is 0.342 e. The van der Waals surface area contributed by atoms with Crippen molar-refractivity contribution in [1.82, 2.24) is 9.97 Å². The van der Waals surface area contributed by atoms with E-state index in [-0.39, 0.29) is 10.7 Å². The van der Waals surface area contributed by atoms with Crippen LogP contribution in [0.1, 0.15) is 17.3 Å². The van der Waals surface area contributed by atoms with Crippen LogP contribution in [0.3, 0.4) is 0 Å². The fourth-order valence-corrected chi connectivity index (χ4v) is 2.04. The molecule has 0 radical (unpaired) electrons. The van der Waals surface area contributed by atoms with Crippen molar-refractivity contribution in [2.24, 2.45) is 0 Å². The zero-order chi connectivity index (χ0) is 14.5. The molecule has 20 heavy (non-hydrogen) atoms. The number of rotatable bonds is 4. The maximum atomic E-state index is 11.8. The maximum absolute atomic E-state index is 11.8. The van der Waals surface area contributed by atoms with E-state index in [0.717, 1.165) is 0 Å². The Hall–Kier alpha value is -1.99. The predicted molar refractivity (Wildman–Crippen MR) is 74.9 cm³/mol. The molecule has 1 amide bonds. The molecule has 0 fully saturated rings. The van der Waals surface area contributed by atoms with Gasteiger partial charge in [-0.2, -0.15) is 0 Å². The molecule has 2 rings (SSSR count). The van der Waals surface area contributed by atoms with Gasteiger partial charge >= 0.3 is 5.97 Å². The van der Waals surface area contributed by atoms with E-state index >= 15 is 0 Å². The van der Waals surface area contributed by atoms with E-state index in [9.17, 15) is 9.59 Å². The van der Waals surface area contributed by atoms with Crippen LogP contribution in [-0.4, -0.2) is 27.9 Å². The number of ether oxygens (including phenoxy) is 1. The molecule has 1 N–H and O–H groups in total. The summed E-state index contributed by atoms with van der Waals surface area (Å²) in [5.41, 5.74) is 0.114. The van der Waals surface area contributed by atoms with Gasteiger partial charge in [-0.15, -0.1) is 11.3 Å². The number of anilines is 1. The Bertz CT molecular complexity index is 618. The molecular weight excluding hydrogens is 302 g/mol. The van der Waals surface area contributed by atoms with Crippen molar-refractivity contribution in [3.05, 3.63) is 40.6 Å². The summed E-state index contributed by atoms with van der Waals surface area (Å²) >= 11 is 7.05. The Morgan fingerprint density at radius 2 is 2.20 bits per heavy atom. The number of thiazole rings is 1. The van der Waals surface area contributed by atoms with Crippen LogP contribution in [0.15, 0.2) is 29.9 Å². The van der Waals surface area contributed by atoms with Crippen molar-refractivity contribution in [1.29, 1.82) is 0 Å². The van der Waals surface area contributed by atoms with Gasteiger partial charge in [0.1, 0.15) is 5.15 Å². The second-order valence-corrected chi connectivity index (χ2v) is 4.97. The van der Waals surface area contributed by atoms with Crippen LogP contribution in [0.2, 0.25) is 5.15 Å². The molecular formula is C12H10ClN3O3S. The van der Waals surface area contributed by atoms with E-state index in [1.807, 2.05) is 0 Å². The Morgan fingerprint density at radius 3 is 2.85 bits per heavy atom. The fraction of sp³-hybridized carbons (Fsp3) is 0.167. The molecule has 2 heterocycles. The van der Waals surface area contributed by atoms with Crippen LogP contribution >= 0.6 is 22.9 Å². The summed E-state index contributed by atoms with van der Waals surface area (Å²) in [5.74, 6) is -1.17. The van der Waals surface area contributed by atoms with Crippen molar-refractivity contribution in [2.45, 2.75) is 13.0 Å². The summed E-state index contributed by atoms with van der Waals surface area (Å²) in [5, 5.41) is 4.73. The summed E-state index contributed by atoms with van der Waals surface area (Å²) < 4.78 is 5.03. The van der Waals surface area contributed by atoms with Crippen molar-refractivity contribution < 1.29 is 14.3 Å². The Balaban J connectivity index is 1.97. The van der Waals surface area contributed by atoms with Gasteiger partial charge in [-0.1, -0.05) is 11.6 Å². The summed E-state index contributed by atoms with van der Waals surface area (Å²) in [6.07, 6.45) is 2.05. The van der Waals surface area contributed by atoms with Gasteiger partial charge in [-0.25, -0.2) is 14.8 Å². The van der Waals surface area contributed by atoms with Crippen molar-refractivity contribution >= 4 is 39.9 Å². The average Bonchev–Trinajstić information content (AvgIpc) is 2.91. The minimum Gasteiger partial charge on any atom is -0.449 e. The molecule has 0 saturated heterocycles. The minimum atomic E-state index is -0.970. The third-order valence-corrected chi connectivity index (χ3v) is 3.28. The van der Waals surface area contributed by atoms with Gasteiger partial charge in [0.25, 0.3) is 5.91 Å². The van der Waals surface area contributed by atoms with Crippen LogP contribution in [0.4, 0.5) is 5.13 Å². The number of pyridine rings is 1. The van der Waals surface area contributed by atoms with E-state index in [1.165, 1.54) is 30.5 Å². The SMILES string of the molecule is CC(OC(=O)c1cccnc1Cl)C(=O)Nc1nccs1. The van der Waals surface area contributed by atoms with Crippen molar-refractivity contribution in [3.63, 3.8) is 0 Å². The first kappa shape index (κ1) is 14.4. The van der Waals surface area contributed by atoms with Crippen molar-refractivity contribution in [3.8, 4) is 0 Å². The standard InChI is InChI=1S/C12H10ClN3O3S/c1-7(10(17)16-12-15-5-6-20-12)19-11(18)8-3-2-4-14-9(8)13/h2-7H,1H3,(H,15,16,17). The molecule has 0 saturated carbocycles. The number of esters is 1. The van der Waals surface area contributed by atoms with Gasteiger partial charge < -0.3 is 4.74 Å². The summed E-state index contributed by atoms with van der Waals surface area (Å²) in [4.78, 5) is 31.3. The number of amides is 1. The second-order valence-electron chi connectivity index (χ2n) is 3.72. The van der Waals surface area contributed by atoms with Crippen LogP contribution in [0.5, 0.6) is 0 Å². The summed E-state index contributed by atoms with van der Waals surface area (Å²) in [6.45, 7) is 1.46. The number of nitrogens with zero attached hydrogens (tertiary/aromatic N) is 2. The highest BCUT2D eigenvalue weighted by atomic mass is 35.5. The molecule has 8 heteroatoms. The molecule has 0 bridgehead atoms. The lowest BCUT2D eigenvalue weighted by molar-refractivity contribution is -0.123. The third-order valence-electron chi connectivity index (χ3n) is 2.29. The minimum absolute atomic E-state index is 0.0324. The molecule has 1 atom stereocenters. The van der Waals surface area contributed by atoms with E-state index in [2.05, 4.69) is 15.3 Å². The largest absolute Gasteiger partial charge is 0.449 e. The van der Waals surface area contributed by atoms with Crippen LogP contribution < -0.4 is 5.32 Å². The first-order valence-corrected chi connectivity index (χ1v) is 6.85. The van der Waals surface area contributed by atoms with Gasteiger partial charge in [0.05, 0.1) is 5.56 Å². The zero-order valence-corrected chi connectivity index (χ0v) is 11.9. The number of hydrogen-bond acceptors (Lipinski definition) is 6. The normalized spacial score (nSPS) is 11.7. The average molecular weight is 312 g/mol. The van der Waals surface area contributed by atoms with Crippen molar-refractivity contribution in [2.75, 3.05) is 5.32 Å². The van der Waals surface area contributed by atoms with Crippen LogP contribution in [0, 0.1) is 0 Å². The molecule has 0 spiro atoms. The number of nitrogens with one attached hydrogen (secondary N) is 1. The second kappa shape index (κ2) is 6.44. The fourth-order valence-electron chi connectivity index (χ4n) is 1.31. The lowest BCUT2D eigenvalue weighted by Gasteiger charge is -2.12. The zero-order valence-electron chi connectivity index (χ0n) is 10.4. The first-order chi connectivity index (χ1) is 9.58. The molecule has 2 aromatic rings. The van der Waals surface area contributed by atoms with Gasteiger partial charge in [0, 0.05) is 17.8 Å². The highest BCUT2D eigenvalue weighted by molar-refractivity contribution is 7.13. The molecule has 2 aromatic heterocycles. The van der Waals surface area contributed by atoms with Crippen LogP contribution in [-0.2, 0) is 9.53 Å². The highest BCUT2D eigenvalue weighted by Crippen LogP contribution is 2.15. The van der Waals surface area contributed by atoms with E-state index in [1.54, 1.807) is 17.6 Å². The van der Waals surface area contributed by atoms with Gasteiger partial charge in [-0.3, -0.25) is 10.1 Å². The Morgan fingerprint density at radius 1 is 1.40 bits per heavy atom. The number of aromatic nitrogens is 2. The van der Waals surface area contributed by atoms with Gasteiger partial charge in [-0.05, 0) is 19.1 Å². The van der Waals surface area contributed by atoms with Gasteiger partial charge in [0.15, 0.2) is 11.2 Å². The first-order valence-electron chi connectivity index (χ1n) is 5.60. The number of carbonyl (C=O) groups excluding carboxylic acids is 2. The Kier molecular flexibility index (Phi) is 4.65. The molecule has 0 aliphatic heterocycles. The molecule has 0 aliphatic carbocycles. The Labute approximate surface area is 123 Å². The molecule has 6 nitrogen and oxygen atoms in total. The molecule has 104 valence electrons. The number of hydrogen-bond donors (Lipinski definition) is 1. The molecule has 0 aliphatic rings. The van der Waals surface area contributed by atoms with E-state index < -0.39 is 18.0 Å². The van der Waals surface area contributed by atoms with E-state index in [0.29, 0.717) is 5.13 Å².